The fourth-order valence-electron chi connectivity index (χ4n) is 7.15. The second-order valence-electron chi connectivity index (χ2n) is 12.2. The van der Waals surface area contributed by atoms with Crippen LogP contribution in [-0.4, -0.2) is 33.5 Å². The first-order valence-corrected chi connectivity index (χ1v) is 16.4. The van der Waals surface area contributed by atoms with Crippen LogP contribution in [0.15, 0.2) is 180 Å². The Labute approximate surface area is 278 Å². The molecule has 5 heterocycles. The Hall–Kier alpha value is -6.26. The number of rotatable bonds is 4. The molecule has 2 unspecified atom stereocenters. The molecule has 4 nitrogen and oxygen atoms in total. The van der Waals surface area contributed by atoms with Crippen LogP contribution in [0.3, 0.4) is 0 Å². The van der Waals surface area contributed by atoms with E-state index < -0.39 is 0 Å². The van der Waals surface area contributed by atoms with E-state index in [1.165, 1.54) is 0 Å². The Morgan fingerprint density at radius 3 is 1.06 bits per heavy atom. The van der Waals surface area contributed by atoms with Crippen LogP contribution in [0.1, 0.15) is 22.3 Å². The van der Waals surface area contributed by atoms with Gasteiger partial charge in [-0.3, -0.25) is 9.98 Å². The molecule has 8 bridgehead atoms. The monoisotopic (exact) mass is 616 g/mol. The number of aromatic nitrogens is 2. The van der Waals surface area contributed by atoms with Crippen molar-refractivity contribution in [3.8, 4) is 0 Å². The zero-order valence-electron chi connectivity index (χ0n) is 26.2. The molecule has 0 saturated heterocycles. The summed E-state index contributed by atoms with van der Waals surface area (Å²) in [6.45, 7) is 0. The molecule has 2 atom stereocenters. The minimum absolute atomic E-state index is 0.172. The highest BCUT2D eigenvalue weighted by molar-refractivity contribution is 6.30. The van der Waals surface area contributed by atoms with E-state index in [4.69, 9.17) is 9.98 Å². The maximum atomic E-state index is 5.44. The number of aliphatic imine (C=N–C) groups is 2. The third-order valence-corrected chi connectivity index (χ3v) is 9.32. The van der Waals surface area contributed by atoms with Crippen molar-refractivity contribution in [1.29, 1.82) is 0 Å². The van der Waals surface area contributed by atoms with Crippen molar-refractivity contribution < 1.29 is 0 Å². The van der Waals surface area contributed by atoms with Gasteiger partial charge in [0, 0.05) is 43.7 Å². The standard InChI is InChI=1S/C44H32N4/c1-5-13-29(14-6-1)41-33-21-23-35(45-33)42(30-15-7-2-8-16-30)37-25-27-39(47-37)44(32-19-11-4-12-20-32)40-28-26-38(48-40)43(31-17-9-3-10-18-31)36-24-22-34(41)46-36/h1-28,33,40,46-47H/b41-34-,42-37?,43-36?,44-39-. The van der Waals surface area contributed by atoms with Crippen molar-refractivity contribution in [2.45, 2.75) is 12.1 Å². The third kappa shape index (κ3) is 4.95. The second-order valence-corrected chi connectivity index (χ2v) is 12.2. The lowest BCUT2D eigenvalue weighted by Gasteiger charge is -2.13. The lowest BCUT2D eigenvalue weighted by Crippen LogP contribution is -2.23. The summed E-state index contributed by atoms with van der Waals surface area (Å²) < 4.78 is 0. The number of allylic oxidation sites excluding steroid dienone is 2. The summed E-state index contributed by atoms with van der Waals surface area (Å²) in [6.07, 6.45) is 8.80. The predicted molar refractivity (Wildman–Crippen MR) is 197 cm³/mol. The molecule has 2 N–H and O–H groups in total. The quantitative estimate of drug-likeness (QED) is 0.259. The van der Waals surface area contributed by atoms with Gasteiger partial charge in [-0.15, -0.1) is 0 Å². The van der Waals surface area contributed by atoms with E-state index in [2.05, 4.69) is 180 Å². The van der Waals surface area contributed by atoms with Gasteiger partial charge in [0.15, 0.2) is 0 Å². The molecular weight excluding hydrogens is 585 g/mol. The van der Waals surface area contributed by atoms with E-state index in [-0.39, 0.29) is 12.1 Å². The van der Waals surface area contributed by atoms with Gasteiger partial charge in [-0.1, -0.05) is 133 Å². The Morgan fingerprint density at radius 1 is 0.354 bits per heavy atom. The van der Waals surface area contributed by atoms with Gasteiger partial charge in [-0.05, 0) is 58.7 Å². The first kappa shape index (κ1) is 28.0. The molecule has 9 rings (SSSR count). The minimum atomic E-state index is -0.172. The van der Waals surface area contributed by atoms with Crippen LogP contribution in [0, 0.1) is 0 Å². The number of benzene rings is 4. The molecule has 0 spiro atoms. The number of hydrogen-bond acceptors (Lipinski definition) is 2. The highest BCUT2D eigenvalue weighted by atomic mass is 14.9. The molecule has 0 aliphatic carbocycles. The van der Waals surface area contributed by atoms with E-state index >= 15 is 0 Å². The maximum Gasteiger partial charge on any atom is 0.0967 e. The molecule has 6 aromatic rings. The highest BCUT2D eigenvalue weighted by Crippen LogP contribution is 2.28. The molecule has 0 saturated carbocycles. The van der Waals surface area contributed by atoms with Crippen LogP contribution >= 0.6 is 0 Å². The molecule has 48 heavy (non-hydrogen) atoms. The molecule has 4 heteroatoms. The SMILES string of the molecule is C1=CC2N=C1C(c1ccccc1)=c1cc/c([nH]1)=C(\c1ccccc1)C1C=CC(=N1)C(c1ccccc1)=c1cc/c([nH]1)=C/2c1ccccc1. The largest absolute Gasteiger partial charge is 0.355 e. The minimum Gasteiger partial charge on any atom is -0.355 e. The smallest absolute Gasteiger partial charge is 0.0967 e. The van der Waals surface area contributed by atoms with Gasteiger partial charge < -0.3 is 9.97 Å². The molecule has 0 fully saturated rings. The number of nitrogens with zero attached hydrogens (tertiary/aromatic N) is 2. The van der Waals surface area contributed by atoms with Crippen LogP contribution in [0.4, 0.5) is 0 Å². The van der Waals surface area contributed by atoms with Crippen molar-refractivity contribution in [3.05, 3.63) is 214 Å². The van der Waals surface area contributed by atoms with Crippen molar-refractivity contribution in [2.24, 2.45) is 9.98 Å². The summed E-state index contributed by atoms with van der Waals surface area (Å²) in [5.41, 5.74) is 10.8. The van der Waals surface area contributed by atoms with Crippen molar-refractivity contribution in [2.75, 3.05) is 0 Å². The lowest BCUT2D eigenvalue weighted by molar-refractivity contribution is 1.04. The summed E-state index contributed by atoms with van der Waals surface area (Å²) in [5.74, 6) is 0. The Kier molecular flexibility index (Phi) is 6.90. The summed E-state index contributed by atoms with van der Waals surface area (Å²) in [7, 11) is 0. The van der Waals surface area contributed by atoms with Crippen molar-refractivity contribution in [1.82, 2.24) is 9.97 Å². The van der Waals surface area contributed by atoms with Crippen LogP contribution in [0.2, 0.25) is 0 Å². The molecule has 3 aliphatic rings. The van der Waals surface area contributed by atoms with Crippen LogP contribution < -0.4 is 21.4 Å². The summed E-state index contributed by atoms with van der Waals surface area (Å²) in [4.78, 5) is 18.5. The zero-order valence-corrected chi connectivity index (χ0v) is 26.2. The van der Waals surface area contributed by atoms with E-state index in [0.29, 0.717) is 0 Å². The average molecular weight is 617 g/mol. The van der Waals surface area contributed by atoms with Crippen molar-refractivity contribution >= 4 is 33.7 Å². The fourth-order valence-corrected chi connectivity index (χ4v) is 7.15. The van der Waals surface area contributed by atoms with Gasteiger partial charge in [-0.25, -0.2) is 0 Å². The maximum absolute atomic E-state index is 5.44. The second kappa shape index (κ2) is 11.8. The highest BCUT2D eigenvalue weighted by Gasteiger charge is 2.25. The number of aromatic amines is 2. The van der Waals surface area contributed by atoms with E-state index in [9.17, 15) is 0 Å². The Bertz CT molecular complexity index is 2350. The fraction of sp³-hybridized carbons (Fsp3) is 0.0455. The molecule has 228 valence electrons. The van der Waals surface area contributed by atoms with E-state index in [1.807, 2.05) is 0 Å². The van der Waals surface area contributed by atoms with Crippen LogP contribution in [0.5, 0.6) is 0 Å². The van der Waals surface area contributed by atoms with Gasteiger partial charge in [0.2, 0.25) is 0 Å². The predicted octanol–water partition coefficient (Wildman–Crippen LogP) is 5.61. The third-order valence-electron chi connectivity index (χ3n) is 9.32. The molecule has 2 aromatic heterocycles. The van der Waals surface area contributed by atoms with Gasteiger partial charge >= 0.3 is 0 Å². The summed E-state index contributed by atoms with van der Waals surface area (Å²) in [5, 5.41) is 4.12. The van der Waals surface area contributed by atoms with Crippen LogP contribution in [0.25, 0.3) is 22.3 Å². The van der Waals surface area contributed by atoms with Gasteiger partial charge in [0.1, 0.15) is 0 Å². The van der Waals surface area contributed by atoms with Crippen molar-refractivity contribution in [3.63, 3.8) is 0 Å². The molecular formula is C44H32N4. The Morgan fingerprint density at radius 2 is 0.688 bits per heavy atom. The molecule has 0 radical (unpaired) electrons. The first-order chi connectivity index (χ1) is 23.8. The summed E-state index contributed by atoms with van der Waals surface area (Å²) >= 11 is 0. The van der Waals surface area contributed by atoms with E-state index in [0.717, 1.165) is 77.4 Å². The van der Waals surface area contributed by atoms with Gasteiger partial charge in [0.25, 0.3) is 0 Å². The average Bonchev–Trinajstić information content (AvgIpc) is 3.98. The Balaban J connectivity index is 1.41. The topological polar surface area (TPSA) is 56.3 Å². The van der Waals surface area contributed by atoms with Crippen LogP contribution in [-0.2, 0) is 0 Å². The summed E-state index contributed by atoms with van der Waals surface area (Å²) in [6, 6.07) is 50.7. The van der Waals surface area contributed by atoms with Gasteiger partial charge in [0.05, 0.1) is 23.5 Å². The van der Waals surface area contributed by atoms with Gasteiger partial charge in [-0.2, -0.15) is 0 Å². The normalized spacial score (nSPS) is 20.6. The number of hydrogen-bond donors (Lipinski definition) is 2. The molecule has 0 amide bonds. The number of fused-ring (bicyclic) bond motifs is 6. The molecule has 3 aliphatic heterocycles. The van der Waals surface area contributed by atoms with E-state index in [1.54, 1.807) is 0 Å². The molecule has 4 aromatic carbocycles. The first-order valence-electron chi connectivity index (χ1n) is 16.4. The lowest BCUT2D eigenvalue weighted by atomic mass is 9.99. The number of nitrogens with one attached hydrogen (secondary N) is 2. The zero-order chi connectivity index (χ0) is 31.9. The number of H-pyrrole nitrogens is 2.